The summed E-state index contributed by atoms with van der Waals surface area (Å²) >= 11 is 0. The van der Waals surface area contributed by atoms with E-state index in [9.17, 15) is 45.0 Å². The van der Waals surface area contributed by atoms with E-state index >= 15 is 0 Å². The maximum absolute atomic E-state index is 14.9. The molecule has 12 heteroatoms. The Kier molecular flexibility index (Phi) is 14.8. The smallest absolute Gasteiger partial charge is 0.338 e. The summed E-state index contributed by atoms with van der Waals surface area (Å²) in [7, 11) is -8.82. The number of aryl methyl sites for hydroxylation is 2. The van der Waals surface area contributed by atoms with Gasteiger partial charge in [0.25, 0.3) is 20.2 Å². The minimum absolute atomic E-state index is 0.134. The third kappa shape index (κ3) is 10.7. The van der Waals surface area contributed by atoms with E-state index in [0.717, 1.165) is 103 Å². The lowest BCUT2D eigenvalue weighted by atomic mass is 9.54. The SMILES string of the molecule is C=C(c1ccc(C(=O)O)c(F)c1)c1ccc2c(c1)C(C)(C)CCC2(C)CCC1(C)CCC(C)(CCC2(C)CCC(C)(C)c3cc(C)c(C(=O)c4ccc(S(=O)(=O)O)cc4)cc32)c2cc(C)c(C(=C)c3ccc(S(=O)(=O)O)cc3)cc21. The van der Waals surface area contributed by atoms with Crippen LogP contribution in [0.4, 0.5) is 4.39 Å². The molecule has 80 heavy (non-hydrogen) atoms. The van der Waals surface area contributed by atoms with E-state index in [-0.39, 0.29) is 53.6 Å². The second-order valence-corrected chi connectivity index (χ2v) is 28.8. The van der Waals surface area contributed by atoms with Crippen molar-refractivity contribution < 1.29 is 45.0 Å². The molecule has 0 spiro atoms. The predicted octanol–water partition coefficient (Wildman–Crippen LogP) is 15.9. The highest BCUT2D eigenvalue weighted by Gasteiger charge is 2.48. The molecular weight excluding hydrogens is 1040 g/mol. The monoisotopic (exact) mass is 1120 g/mol. The van der Waals surface area contributed by atoms with Gasteiger partial charge in [0.05, 0.1) is 15.4 Å². The van der Waals surface area contributed by atoms with Crippen molar-refractivity contribution in [2.24, 2.45) is 0 Å². The Morgan fingerprint density at radius 2 is 0.825 bits per heavy atom. The molecule has 420 valence electrons. The topological polar surface area (TPSA) is 163 Å². The molecule has 0 heterocycles. The van der Waals surface area contributed by atoms with E-state index in [1.165, 1.54) is 76.3 Å². The van der Waals surface area contributed by atoms with Gasteiger partial charge in [-0.2, -0.15) is 16.8 Å². The number of ketones is 1. The highest BCUT2D eigenvalue weighted by atomic mass is 32.2. The molecule has 0 bridgehead atoms. The van der Waals surface area contributed by atoms with Gasteiger partial charge in [-0.25, -0.2) is 9.18 Å². The van der Waals surface area contributed by atoms with Crippen molar-refractivity contribution in [3.8, 4) is 0 Å². The summed E-state index contributed by atoms with van der Waals surface area (Å²) in [4.78, 5) is 25.4. The fourth-order valence-corrected chi connectivity index (χ4v) is 14.5. The quantitative estimate of drug-likeness (QED) is 0.0671. The van der Waals surface area contributed by atoms with Crippen LogP contribution in [0.25, 0.3) is 11.1 Å². The van der Waals surface area contributed by atoms with Crippen molar-refractivity contribution in [2.45, 2.75) is 176 Å². The summed E-state index contributed by atoms with van der Waals surface area (Å²) in [6.45, 7) is 31.6. The summed E-state index contributed by atoms with van der Waals surface area (Å²) in [6, 6.07) is 31.2. The third-order valence-electron chi connectivity index (χ3n) is 19.5. The molecule has 6 aromatic carbocycles. The summed E-state index contributed by atoms with van der Waals surface area (Å²) in [5, 5.41) is 9.46. The predicted molar refractivity (Wildman–Crippen MR) is 316 cm³/mol. The van der Waals surface area contributed by atoms with E-state index in [0.29, 0.717) is 22.3 Å². The Morgan fingerprint density at radius 1 is 0.450 bits per heavy atom. The summed E-state index contributed by atoms with van der Waals surface area (Å²) < 4.78 is 82.1. The molecule has 9 nitrogen and oxygen atoms in total. The lowest BCUT2D eigenvalue weighted by Crippen LogP contribution is -2.42. The first-order valence-electron chi connectivity index (χ1n) is 27.7. The van der Waals surface area contributed by atoms with Crippen LogP contribution in [0.2, 0.25) is 0 Å². The number of aromatic carboxylic acids is 1. The molecule has 9 rings (SSSR count). The van der Waals surface area contributed by atoms with E-state index < -0.39 is 32.0 Å². The molecule has 0 amide bonds. The van der Waals surface area contributed by atoms with Gasteiger partial charge in [0.2, 0.25) is 0 Å². The van der Waals surface area contributed by atoms with Gasteiger partial charge in [0, 0.05) is 11.1 Å². The van der Waals surface area contributed by atoms with Gasteiger partial charge in [-0.15, -0.1) is 0 Å². The number of carbonyl (C=O) groups is 2. The number of rotatable bonds is 15. The standard InChI is InChI=1S/C68H75FO9S2/c1-41-36-57-59(39-52(41)44(4)45-13-19-49(20-14-45)79(73,74)75)68(12,30-29-65(9)27-25-64(7,8)56-37-47(18-24-54(56)65)43(3)48-17-23-51(62(71)72)60(69)38-48)34-33-67(57,11)32-31-66(10)28-26-63(5,6)55-35-42(2)53(40-58(55)66)61(70)46-15-21-50(22-16-46)80(76,77)78/h13-24,35-40H,3-4,25-34H2,1-2,5-12H3,(H,71,72)(H,73,74,75)(H,76,77,78). The lowest BCUT2D eigenvalue weighted by Gasteiger charge is -2.50. The van der Waals surface area contributed by atoms with Crippen molar-refractivity contribution in [1.29, 1.82) is 0 Å². The van der Waals surface area contributed by atoms with E-state index in [1.807, 2.05) is 6.92 Å². The van der Waals surface area contributed by atoms with Crippen molar-refractivity contribution in [2.75, 3.05) is 0 Å². The molecule has 0 aromatic heterocycles. The number of carbonyl (C=O) groups excluding carboxylic acids is 1. The van der Waals surface area contributed by atoms with Gasteiger partial charge < -0.3 is 5.11 Å². The van der Waals surface area contributed by atoms with Crippen molar-refractivity contribution in [1.82, 2.24) is 0 Å². The largest absolute Gasteiger partial charge is 0.478 e. The molecule has 0 saturated heterocycles. The normalized spacial score (nSPS) is 23.1. The minimum atomic E-state index is -4.43. The highest BCUT2D eigenvalue weighted by molar-refractivity contribution is 7.86. The summed E-state index contributed by atoms with van der Waals surface area (Å²) in [5.74, 6) is -2.33. The molecule has 3 N–H and O–H groups in total. The van der Waals surface area contributed by atoms with Gasteiger partial charge in [-0.3, -0.25) is 13.9 Å². The first-order valence-corrected chi connectivity index (χ1v) is 30.6. The van der Waals surface area contributed by atoms with Gasteiger partial charge in [0.15, 0.2) is 5.78 Å². The van der Waals surface area contributed by atoms with Gasteiger partial charge in [-0.1, -0.05) is 123 Å². The number of halogens is 1. The molecule has 4 atom stereocenters. The maximum atomic E-state index is 14.9. The molecule has 3 aliphatic rings. The zero-order chi connectivity index (χ0) is 58.5. The van der Waals surface area contributed by atoms with Crippen LogP contribution in [-0.2, 0) is 52.7 Å². The average molecular weight is 1120 g/mol. The fraction of sp³-hybridized carbons (Fsp3) is 0.382. The van der Waals surface area contributed by atoms with Crippen LogP contribution < -0.4 is 0 Å². The van der Waals surface area contributed by atoms with Crippen molar-refractivity contribution in [3.05, 3.63) is 212 Å². The molecule has 0 saturated carbocycles. The molecule has 0 radical (unpaired) electrons. The maximum Gasteiger partial charge on any atom is 0.338 e. The Labute approximate surface area is 473 Å². The second-order valence-electron chi connectivity index (χ2n) is 26.0. The molecule has 4 unspecified atom stereocenters. The van der Waals surface area contributed by atoms with Crippen LogP contribution >= 0.6 is 0 Å². The van der Waals surface area contributed by atoms with Crippen LogP contribution in [0.15, 0.2) is 132 Å². The van der Waals surface area contributed by atoms with E-state index in [1.54, 1.807) is 18.2 Å². The Hall–Kier alpha value is -6.31. The zero-order valence-corrected chi connectivity index (χ0v) is 49.5. The zero-order valence-electron chi connectivity index (χ0n) is 47.9. The van der Waals surface area contributed by atoms with Crippen LogP contribution in [-0.4, -0.2) is 42.8 Å². The number of carboxylic acid groups (broad SMARTS) is 1. The average Bonchev–Trinajstić information content (AvgIpc) is 3.54. The van der Waals surface area contributed by atoms with Crippen LogP contribution in [0.5, 0.6) is 0 Å². The van der Waals surface area contributed by atoms with E-state index in [4.69, 9.17) is 0 Å². The van der Waals surface area contributed by atoms with Crippen molar-refractivity contribution >= 4 is 43.1 Å². The minimum Gasteiger partial charge on any atom is -0.478 e. The van der Waals surface area contributed by atoms with Crippen molar-refractivity contribution in [3.63, 3.8) is 0 Å². The highest BCUT2D eigenvalue weighted by Crippen LogP contribution is 2.57. The molecule has 3 aliphatic carbocycles. The van der Waals surface area contributed by atoms with Crippen LogP contribution in [0.3, 0.4) is 0 Å². The number of fused-ring (bicyclic) bond motifs is 3. The third-order valence-corrected chi connectivity index (χ3v) is 21.2. The van der Waals surface area contributed by atoms with E-state index in [2.05, 4.69) is 118 Å². The lowest BCUT2D eigenvalue weighted by molar-refractivity contribution is 0.0691. The summed E-state index contributed by atoms with van der Waals surface area (Å²) in [5.41, 5.74) is 13.1. The summed E-state index contributed by atoms with van der Waals surface area (Å²) in [6.07, 6.45) is 9.23. The first-order chi connectivity index (χ1) is 37.1. The number of benzene rings is 6. The Bertz CT molecular complexity index is 3800. The van der Waals surface area contributed by atoms with Gasteiger partial charge >= 0.3 is 5.97 Å². The number of hydrogen-bond acceptors (Lipinski definition) is 6. The molecular formula is C68H75FO9S2. The second kappa shape index (κ2) is 20.3. The fourth-order valence-electron chi connectivity index (χ4n) is 13.5. The number of hydrogen-bond donors (Lipinski definition) is 3. The van der Waals surface area contributed by atoms with Crippen LogP contribution in [0.1, 0.15) is 213 Å². The Balaban J connectivity index is 1.07. The van der Waals surface area contributed by atoms with Crippen LogP contribution in [0, 0.1) is 19.7 Å². The van der Waals surface area contributed by atoms with Gasteiger partial charge in [-0.05, 0) is 243 Å². The Morgan fingerprint density at radius 3 is 1.31 bits per heavy atom. The molecule has 0 fully saturated rings. The molecule has 6 aromatic rings. The number of carboxylic acids is 1. The van der Waals surface area contributed by atoms with Gasteiger partial charge in [0.1, 0.15) is 5.82 Å². The first kappa shape index (κ1) is 58.3. The molecule has 0 aliphatic heterocycles.